The third kappa shape index (κ3) is 14.3. The molecule has 0 spiro atoms. The molecule has 0 aromatic heterocycles. The number of likely N-dealkylation sites (N-methyl/N-ethyl adjacent to an activating group) is 1. The van der Waals surface area contributed by atoms with Crippen molar-refractivity contribution in [2.24, 2.45) is 5.73 Å². The zero-order chi connectivity index (χ0) is 17.3. The van der Waals surface area contributed by atoms with Gasteiger partial charge in [0.2, 0.25) is 5.91 Å². The first kappa shape index (κ1) is 21.9. The van der Waals surface area contributed by atoms with Crippen molar-refractivity contribution in [2.45, 2.75) is 25.8 Å². The van der Waals surface area contributed by atoms with Crippen LogP contribution < -0.4 is 16.4 Å². The topological polar surface area (TPSA) is 112 Å². The lowest BCUT2D eigenvalue weighted by Crippen LogP contribution is -2.35. The van der Waals surface area contributed by atoms with E-state index >= 15 is 0 Å². The first-order chi connectivity index (χ1) is 11.1. The molecule has 1 unspecified atom stereocenters. The number of amides is 1. The number of carbonyl (C=O) groups is 2. The second-order valence-corrected chi connectivity index (χ2v) is 4.97. The summed E-state index contributed by atoms with van der Waals surface area (Å²) in [5, 5.41) is 5.64. The molecule has 0 aromatic rings. The number of ketones is 1. The molecular formula is C15H31N3O5. The molecule has 0 bridgehead atoms. The van der Waals surface area contributed by atoms with Crippen LogP contribution in [0.5, 0.6) is 0 Å². The number of ether oxygens (including phenoxy) is 3. The summed E-state index contributed by atoms with van der Waals surface area (Å²) in [6, 6.07) is -0.261. The van der Waals surface area contributed by atoms with Gasteiger partial charge in [-0.15, -0.1) is 0 Å². The van der Waals surface area contributed by atoms with Crippen LogP contribution in [0.4, 0.5) is 0 Å². The molecule has 136 valence electrons. The molecule has 0 radical (unpaired) electrons. The van der Waals surface area contributed by atoms with Crippen LogP contribution in [0.1, 0.15) is 19.8 Å². The normalized spacial score (nSPS) is 12.1. The van der Waals surface area contributed by atoms with Crippen LogP contribution in [0.25, 0.3) is 0 Å². The number of carbonyl (C=O) groups excluding carboxylic acids is 2. The summed E-state index contributed by atoms with van der Waals surface area (Å²) in [6.07, 6.45) is 0.815. The first-order valence-corrected chi connectivity index (χ1v) is 7.99. The summed E-state index contributed by atoms with van der Waals surface area (Å²) in [5.74, 6) is -0.0412. The van der Waals surface area contributed by atoms with E-state index in [2.05, 4.69) is 10.6 Å². The third-order valence-corrected chi connectivity index (χ3v) is 3.07. The number of Topliss-reactive ketones (excluding diaryl/α,β-unsaturated/α-hetero) is 1. The van der Waals surface area contributed by atoms with Crippen LogP contribution in [0.3, 0.4) is 0 Å². The molecule has 0 aliphatic rings. The van der Waals surface area contributed by atoms with Crippen LogP contribution >= 0.6 is 0 Å². The standard InChI is InChI=1S/C15H31N3O5/c1-13(19)14(17-2)3-4-15(20)18-6-8-22-10-12-23-11-9-21-7-5-16/h14,17H,3-12,16H2,1-2H3,(H,18,20). The largest absolute Gasteiger partial charge is 0.378 e. The van der Waals surface area contributed by atoms with Crippen LogP contribution in [0.2, 0.25) is 0 Å². The van der Waals surface area contributed by atoms with E-state index < -0.39 is 0 Å². The van der Waals surface area contributed by atoms with Gasteiger partial charge >= 0.3 is 0 Å². The second-order valence-electron chi connectivity index (χ2n) is 4.97. The summed E-state index contributed by atoms with van der Waals surface area (Å²) >= 11 is 0. The molecule has 0 rings (SSSR count). The average molecular weight is 333 g/mol. The number of hydrogen-bond donors (Lipinski definition) is 3. The number of nitrogens with two attached hydrogens (primary N) is 1. The van der Waals surface area contributed by atoms with Crippen LogP contribution in [-0.2, 0) is 23.8 Å². The highest BCUT2D eigenvalue weighted by molar-refractivity contribution is 5.82. The SMILES string of the molecule is CNC(CCC(=O)NCCOCCOCCOCCN)C(C)=O. The van der Waals surface area contributed by atoms with Crippen LogP contribution in [0.15, 0.2) is 0 Å². The van der Waals surface area contributed by atoms with E-state index in [0.29, 0.717) is 65.6 Å². The molecule has 0 fully saturated rings. The molecule has 8 heteroatoms. The van der Waals surface area contributed by atoms with Crippen molar-refractivity contribution in [3.8, 4) is 0 Å². The molecule has 0 aliphatic heterocycles. The Hall–Kier alpha value is -1.06. The van der Waals surface area contributed by atoms with Gasteiger partial charge in [-0.05, 0) is 20.4 Å². The van der Waals surface area contributed by atoms with E-state index in [1.54, 1.807) is 7.05 Å². The first-order valence-electron chi connectivity index (χ1n) is 7.99. The molecule has 4 N–H and O–H groups in total. The molecule has 23 heavy (non-hydrogen) atoms. The molecule has 0 saturated carbocycles. The van der Waals surface area contributed by atoms with Gasteiger partial charge in [-0.3, -0.25) is 9.59 Å². The fraction of sp³-hybridized carbons (Fsp3) is 0.867. The summed E-state index contributed by atoms with van der Waals surface area (Å²) in [4.78, 5) is 22.8. The van der Waals surface area contributed by atoms with Crippen LogP contribution in [-0.4, -0.2) is 77.5 Å². The highest BCUT2D eigenvalue weighted by Gasteiger charge is 2.13. The van der Waals surface area contributed by atoms with E-state index in [1.807, 2.05) is 0 Å². The number of hydrogen-bond acceptors (Lipinski definition) is 7. The monoisotopic (exact) mass is 333 g/mol. The summed E-state index contributed by atoms with van der Waals surface area (Å²) in [5.41, 5.74) is 5.28. The van der Waals surface area contributed by atoms with Gasteiger partial charge < -0.3 is 30.6 Å². The fourth-order valence-corrected chi connectivity index (χ4v) is 1.80. The molecule has 8 nitrogen and oxygen atoms in total. The highest BCUT2D eigenvalue weighted by Crippen LogP contribution is 1.98. The van der Waals surface area contributed by atoms with Gasteiger partial charge in [0.25, 0.3) is 0 Å². The fourth-order valence-electron chi connectivity index (χ4n) is 1.80. The number of rotatable bonds is 16. The molecule has 0 aliphatic carbocycles. The Morgan fingerprint density at radius 2 is 1.57 bits per heavy atom. The van der Waals surface area contributed by atoms with E-state index in [1.165, 1.54) is 6.92 Å². The molecule has 1 amide bonds. The highest BCUT2D eigenvalue weighted by atomic mass is 16.5. The smallest absolute Gasteiger partial charge is 0.220 e. The Morgan fingerprint density at radius 1 is 1.00 bits per heavy atom. The Kier molecular flexibility index (Phi) is 15.1. The zero-order valence-corrected chi connectivity index (χ0v) is 14.3. The summed E-state index contributed by atoms with van der Waals surface area (Å²) in [7, 11) is 1.71. The van der Waals surface area contributed by atoms with Gasteiger partial charge in [0.05, 0.1) is 45.7 Å². The van der Waals surface area contributed by atoms with Gasteiger partial charge in [0, 0.05) is 19.5 Å². The Bertz CT molecular complexity index is 315. The molecule has 0 saturated heterocycles. The Morgan fingerprint density at radius 3 is 2.09 bits per heavy atom. The second kappa shape index (κ2) is 15.8. The molecule has 0 aromatic carbocycles. The lowest BCUT2D eigenvalue weighted by atomic mass is 10.1. The lowest BCUT2D eigenvalue weighted by Gasteiger charge is -2.12. The Balaban J connectivity index is 3.34. The van der Waals surface area contributed by atoms with Crippen LogP contribution in [0, 0.1) is 0 Å². The summed E-state index contributed by atoms with van der Waals surface area (Å²) < 4.78 is 15.8. The van der Waals surface area contributed by atoms with Gasteiger partial charge in [-0.1, -0.05) is 0 Å². The van der Waals surface area contributed by atoms with Crippen molar-refractivity contribution in [1.82, 2.24) is 10.6 Å². The average Bonchev–Trinajstić information content (AvgIpc) is 2.52. The quantitative estimate of drug-likeness (QED) is 0.313. The van der Waals surface area contributed by atoms with Gasteiger partial charge in [-0.25, -0.2) is 0 Å². The minimum atomic E-state index is -0.261. The van der Waals surface area contributed by atoms with Crippen molar-refractivity contribution < 1.29 is 23.8 Å². The van der Waals surface area contributed by atoms with E-state index in [0.717, 1.165) is 0 Å². The van der Waals surface area contributed by atoms with Gasteiger partial charge in [-0.2, -0.15) is 0 Å². The maximum atomic E-state index is 11.6. The number of nitrogens with one attached hydrogen (secondary N) is 2. The molecule has 0 heterocycles. The molecule has 1 atom stereocenters. The van der Waals surface area contributed by atoms with E-state index in [-0.39, 0.29) is 17.7 Å². The van der Waals surface area contributed by atoms with Gasteiger partial charge in [0.1, 0.15) is 5.78 Å². The Labute approximate surface area is 138 Å². The van der Waals surface area contributed by atoms with E-state index in [4.69, 9.17) is 19.9 Å². The van der Waals surface area contributed by atoms with Crippen molar-refractivity contribution in [2.75, 3.05) is 59.8 Å². The minimum absolute atomic E-state index is 0.0389. The van der Waals surface area contributed by atoms with E-state index in [9.17, 15) is 9.59 Å². The van der Waals surface area contributed by atoms with Crippen molar-refractivity contribution in [3.05, 3.63) is 0 Å². The predicted molar refractivity (Wildman–Crippen MR) is 87.3 cm³/mol. The lowest BCUT2D eigenvalue weighted by molar-refractivity contribution is -0.122. The summed E-state index contributed by atoms with van der Waals surface area (Å²) in [6.45, 7) is 5.45. The minimum Gasteiger partial charge on any atom is -0.378 e. The maximum Gasteiger partial charge on any atom is 0.220 e. The maximum absolute atomic E-state index is 11.6. The molecular weight excluding hydrogens is 302 g/mol. The van der Waals surface area contributed by atoms with Crippen molar-refractivity contribution in [3.63, 3.8) is 0 Å². The zero-order valence-electron chi connectivity index (χ0n) is 14.3. The predicted octanol–water partition coefficient (Wildman–Crippen LogP) is -0.932. The third-order valence-electron chi connectivity index (χ3n) is 3.07. The van der Waals surface area contributed by atoms with Gasteiger partial charge in [0.15, 0.2) is 0 Å². The van der Waals surface area contributed by atoms with Crippen molar-refractivity contribution >= 4 is 11.7 Å². The van der Waals surface area contributed by atoms with Crippen molar-refractivity contribution in [1.29, 1.82) is 0 Å².